The minimum absolute atomic E-state index is 0.149. The van der Waals surface area contributed by atoms with E-state index in [0.717, 1.165) is 45.1 Å². The van der Waals surface area contributed by atoms with Crippen molar-refractivity contribution in [3.63, 3.8) is 0 Å². The minimum atomic E-state index is -0.149. The molecule has 1 aliphatic heterocycles. The van der Waals surface area contributed by atoms with Gasteiger partial charge in [-0.15, -0.1) is 0 Å². The van der Waals surface area contributed by atoms with Crippen LogP contribution in [0, 0.1) is 0 Å². The van der Waals surface area contributed by atoms with Gasteiger partial charge in [0.1, 0.15) is 0 Å². The average molecular weight is 342 g/mol. The molecule has 2 rings (SSSR count). The molecule has 1 aromatic rings. The second-order valence-electron chi connectivity index (χ2n) is 5.32. The molecule has 1 aliphatic rings. The Morgan fingerprint density at radius 2 is 2.13 bits per heavy atom. The van der Waals surface area contributed by atoms with Gasteiger partial charge in [0.05, 0.1) is 30.5 Å². The normalized spacial score (nSPS) is 15.4. The number of carbonyl (C=O) groups excluding carboxylic acids is 1. The quantitative estimate of drug-likeness (QED) is 0.701. The SMILES string of the molecule is COCCNC(=O)c1ccc(NCCN2CCOCC2)c(Cl)c1. The molecule has 2 N–H and O–H groups in total. The van der Waals surface area contributed by atoms with Gasteiger partial charge < -0.3 is 20.1 Å². The van der Waals surface area contributed by atoms with E-state index in [-0.39, 0.29) is 5.91 Å². The van der Waals surface area contributed by atoms with Crippen molar-refractivity contribution in [2.45, 2.75) is 0 Å². The first-order valence-corrected chi connectivity index (χ1v) is 8.19. The maximum absolute atomic E-state index is 11.9. The van der Waals surface area contributed by atoms with E-state index in [1.807, 2.05) is 6.07 Å². The van der Waals surface area contributed by atoms with E-state index >= 15 is 0 Å². The molecule has 1 aromatic carbocycles. The second-order valence-corrected chi connectivity index (χ2v) is 5.73. The van der Waals surface area contributed by atoms with Gasteiger partial charge in [-0.05, 0) is 18.2 Å². The summed E-state index contributed by atoms with van der Waals surface area (Å²) in [5.74, 6) is -0.149. The zero-order valence-corrected chi connectivity index (χ0v) is 14.2. The van der Waals surface area contributed by atoms with Gasteiger partial charge >= 0.3 is 0 Å². The molecule has 0 aliphatic carbocycles. The predicted molar refractivity (Wildman–Crippen MR) is 91.4 cm³/mol. The number of hydrogen-bond donors (Lipinski definition) is 2. The zero-order valence-electron chi connectivity index (χ0n) is 13.4. The van der Waals surface area contributed by atoms with Crippen LogP contribution >= 0.6 is 11.6 Å². The molecular weight excluding hydrogens is 318 g/mol. The summed E-state index contributed by atoms with van der Waals surface area (Å²) < 4.78 is 10.2. The number of anilines is 1. The Morgan fingerprint density at radius 1 is 1.35 bits per heavy atom. The summed E-state index contributed by atoms with van der Waals surface area (Å²) >= 11 is 6.26. The molecule has 0 saturated carbocycles. The number of amides is 1. The van der Waals surface area contributed by atoms with E-state index < -0.39 is 0 Å². The van der Waals surface area contributed by atoms with Gasteiger partial charge in [0, 0.05) is 45.4 Å². The van der Waals surface area contributed by atoms with Crippen LogP contribution in [-0.2, 0) is 9.47 Å². The standard InChI is InChI=1S/C16H24ClN3O3/c1-22-9-5-19-16(21)13-2-3-15(14(17)12-13)18-4-6-20-7-10-23-11-8-20/h2-3,12,18H,4-11H2,1H3,(H,19,21). The summed E-state index contributed by atoms with van der Waals surface area (Å²) in [6, 6.07) is 5.29. The minimum Gasteiger partial charge on any atom is -0.383 e. The Balaban J connectivity index is 1.80. The molecule has 7 heteroatoms. The fourth-order valence-corrected chi connectivity index (χ4v) is 2.59. The summed E-state index contributed by atoms with van der Waals surface area (Å²) in [7, 11) is 1.60. The molecule has 0 atom stereocenters. The summed E-state index contributed by atoms with van der Waals surface area (Å²) in [6.07, 6.45) is 0. The summed E-state index contributed by atoms with van der Waals surface area (Å²) in [4.78, 5) is 14.3. The van der Waals surface area contributed by atoms with E-state index in [2.05, 4.69) is 15.5 Å². The van der Waals surface area contributed by atoms with Crippen LogP contribution in [0.5, 0.6) is 0 Å². The van der Waals surface area contributed by atoms with Crippen LogP contribution in [0.15, 0.2) is 18.2 Å². The van der Waals surface area contributed by atoms with E-state index in [1.54, 1.807) is 19.2 Å². The number of halogens is 1. The lowest BCUT2D eigenvalue weighted by Gasteiger charge is -2.26. The van der Waals surface area contributed by atoms with Crippen molar-refractivity contribution in [1.82, 2.24) is 10.2 Å². The van der Waals surface area contributed by atoms with Crippen LogP contribution in [0.25, 0.3) is 0 Å². The molecule has 0 bridgehead atoms. The summed E-state index contributed by atoms with van der Waals surface area (Å²) in [6.45, 7) is 6.25. The molecule has 1 fully saturated rings. The highest BCUT2D eigenvalue weighted by Crippen LogP contribution is 2.22. The lowest BCUT2D eigenvalue weighted by molar-refractivity contribution is 0.0398. The Bertz CT molecular complexity index is 507. The number of benzene rings is 1. The molecule has 1 saturated heterocycles. The Hall–Kier alpha value is -1.34. The van der Waals surface area contributed by atoms with Gasteiger partial charge in [0.25, 0.3) is 5.91 Å². The van der Waals surface area contributed by atoms with Crippen molar-refractivity contribution in [2.24, 2.45) is 0 Å². The number of ether oxygens (including phenoxy) is 2. The van der Waals surface area contributed by atoms with Gasteiger partial charge in [0.2, 0.25) is 0 Å². The van der Waals surface area contributed by atoms with Crippen LogP contribution in [0.4, 0.5) is 5.69 Å². The zero-order chi connectivity index (χ0) is 16.5. The van der Waals surface area contributed by atoms with Crippen molar-refractivity contribution in [1.29, 1.82) is 0 Å². The fourth-order valence-electron chi connectivity index (χ4n) is 2.34. The molecule has 0 aromatic heterocycles. The number of rotatable bonds is 8. The third-order valence-electron chi connectivity index (χ3n) is 3.67. The number of hydrogen-bond acceptors (Lipinski definition) is 5. The van der Waals surface area contributed by atoms with E-state index in [4.69, 9.17) is 21.1 Å². The Morgan fingerprint density at radius 3 is 2.83 bits per heavy atom. The lowest BCUT2D eigenvalue weighted by atomic mass is 10.2. The smallest absolute Gasteiger partial charge is 0.251 e. The molecule has 6 nitrogen and oxygen atoms in total. The predicted octanol–water partition coefficient (Wildman–Crippen LogP) is 1.46. The molecule has 23 heavy (non-hydrogen) atoms. The summed E-state index contributed by atoms with van der Waals surface area (Å²) in [5, 5.41) is 6.63. The highest BCUT2D eigenvalue weighted by Gasteiger charge is 2.11. The van der Waals surface area contributed by atoms with Gasteiger partial charge in [-0.25, -0.2) is 0 Å². The fraction of sp³-hybridized carbons (Fsp3) is 0.562. The van der Waals surface area contributed by atoms with Gasteiger partial charge in [-0.1, -0.05) is 11.6 Å². The van der Waals surface area contributed by atoms with E-state index in [1.165, 1.54) is 0 Å². The number of carbonyl (C=O) groups is 1. The van der Waals surface area contributed by atoms with Crippen LogP contribution in [0.2, 0.25) is 5.02 Å². The van der Waals surface area contributed by atoms with Crippen LogP contribution in [0.3, 0.4) is 0 Å². The Kier molecular flexibility index (Phi) is 7.61. The first-order chi connectivity index (χ1) is 11.2. The molecule has 1 amide bonds. The largest absolute Gasteiger partial charge is 0.383 e. The third-order valence-corrected chi connectivity index (χ3v) is 3.98. The van der Waals surface area contributed by atoms with Crippen molar-refractivity contribution >= 4 is 23.2 Å². The third kappa shape index (κ3) is 5.99. The molecule has 1 heterocycles. The highest BCUT2D eigenvalue weighted by atomic mass is 35.5. The van der Waals surface area contributed by atoms with Gasteiger partial charge in [0.15, 0.2) is 0 Å². The van der Waals surface area contributed by atoms with Gasteiger partial charge in [-0.2, -0.15) is 0 Å². The van der Waals surface area contributed by atoms with E-state index in [0.29, 0.717) is 23.7 Å². The van der Waals surface area contributed by atoms with Crippen LogP contribution in [0.1, 0.15) is 10.4 Å². The average Bonchev–Trinajstić information content (AvgIpc) is 2.57. The lowest BCUT2D eigenvalue weighted by Crippen LogP contribution is -2.39. The Labute approximate surface area is 142 Å². The van der Waals surface area contributed by atoms with Crippen molar-refractivity contribution in [3.8, 4) is 0 Å². The molecule has 0 spiro atoms. The van der Waals surface area contributed by atoms with Gasteiger partial charge in [-0.3, -0.25) is 9.69 Å². The van der Waals surface area contributed by atoms with Crippen LogP contribution in [-0.4, -0.2) is 70.5 Å². The number of nitrogens with one attached hydrogen (secondary N) is 2. The first kappa shape index (κ1) is 18.0. The summed E-state index contributed by atoms with van der Waals surface area (Å²) in [5.41, 5.74) is 1.39. The number of methoxy groups -OCH3 is 1. The number of nitrogens with zero attached hydrogens (tertiary/aromatic N) is 1. The van der Waals surface area contributed by atoms with Crippen molar-refractivity contribution in [2.75, 3.05) is 65.0 Å². The van der Waals surface area contributed by atoms with Crippen LogP contribution < -0.4 is 10.6 Å². The first-order valence-electron chi connectivity index (χ1n) is 7.81. The highest BCUT2D eigenvalue weighted by molar-refractivity contribution is 6.33. The second kappa shape index (κ2) is 9.72. The monoisotopic (exact) mass is 341 g/mol. The topological polar surface area (TPSA) is 62.8 Å². The maximum atomic E-state index is 11.9. The van der Waals surface area contributed by atoms with Crippen molar-refractivity contribution < 1.29 is 14.3 Å². The molecule has 0 unspecified atom stereocenters. The van der Waals surface area contributed by atoms with Crippen molar-refractivity contribution in [3.05, 3.63) is 28.8 Å². The molecule has 0 radical (unpaired) electrons. The maximum Gasteiger partial charge on any atom is 0.251 e. The number of morpholine rings is 1. The van der Waals surface area contributed by atoms with E-state index in [9.17, 15) is 4.79 Å². The molecule has 128 valence electrons. The molecular formula is C16H24ClN3O3.